The molecule has 1 heterocycles. The van der Waals surface area contributed by atoms with Crippen LogP contribution < -0.4 is 4.74 Å². The maximum absolute atomic E-state index is 12.6. The normalized spacial score (nSPS) is 14.3. The van der Waals surface area contributed by atoms with Gasteiger partial charge in [-0.15, -0.1) is 0 Å². The Kier molecular flexibility index (Phi) is 5.11. The minimum Gasteiger partial charge on any atom is -0.504 e. The number of aromatic hydroxyl groups is 1. The Morgan fingerprint density at radius 2 is 1.85 bits per heavy atom. The summed E-state index contributed by atoms with van der Waals surface area (Å²) in [6, 6.07) is 12.5. The average molecular weight is 355 g/mol. The fourth-order valence-corrected chi connectivity index (χ4v) is 3.07. The van der Waals surface area contributed by atoms with Crippen molar-refractivity contribution < 1.29 is 24.2 Å². The van der Waals surface area contributed by atoms with Gasteiger partial charge in [-0.2, -0.15) is 0 Å². The second-order valence-electron chi connectivity index (χ2n) is 6.18. The highest BCUT2D eigenvalue weighted by Crippen LogP contribution is 2.30. The Bertz CT molecular complexity index is 833. The van der Waals surface area contributed by atoms with Gasteiger partial charge in [-0.25, -0.2) is 4.79 Å². The average Bonchev–Trinajstić information content (AvgIpc) is 2.67. The molecule has 0 saturated heterocycles. The van der Waals surface area contributed by atoms with Crippen molar-refractivity contribution in [1.82, 2.24) is 4.90 Å². The summed E-state index contributed by atoms with van der Waals surface area (Å²) in [4.78, 5) is 26.7. The van der Waals surface area contributed by atoms with E-state index < -0.39 is 12.1 Å². The lowest BCUT2D eigenvalue weighted by Crippen LogP contribution is -2.42. The molecule has 2 aromatic rings. The molecule has 6 heteroatoms. The Hall–Kier alpha value is -3.02. The lowest BCUT2D eigenvalue weighted by atomic mass is 9.99. The number of carbonyl (C=O) groups excluding carboxylic acids is 2. The summed E-state index contributed by atoms with van der Waals surface area (Å²) in [6.07, 6.45) is -0.169. The van der Waals surface area contributed by atoms with Crippen LogP contribution in [0, 0.1) is 0 Å². The Balaban J connectivity index is 1.67. The molecule has 6 nitrogen and oxygen atoms in total. The second-order valence-corrected chi connectivity index (χ2v) is 6.18. The maximum Gasteiger partial charge on any atom is 0.342 e. The first-order valence-corrected chi connectivity index (χ1v) is 8.43. The van der Waals surface area contributed by atoms with Crippen molar-refractivity contribution in [3.8, 4) is 11.5 Å². The van der Waals surface area contributed by atoms with E-state index in [0.717, 1.165) is 12.0 Å². The third kappa shape index (κ3) is 3.49. The third-order valence-electron chi connectivity index (χ3n) is 4.51. The van der Waals surface area contributed by atoms with E-state index in [4.69, 9.17) is 9.47 Å². The van der Waals surface area contributed by atoms with Crippen LogP contribution in [0.5, 0.6) is 11.5 Å². The molecule has 136 valence electrons. The number of amides is 1. The standard InChI is InChI=1S/C20H21NO5/c1-13(26-20(24)16-8-5-9-17(25-2)18(16)22)19(23)21-11-10-14-6-3-4-7-15(14)12-21/h3-9,13,22H,10-12H2,1-2H3. The number of phenolic OH excluding ortho intramolecular Hbond substituents is 1. The van der Waals surface area contributed by atoms with Crippen LogP contribution in [0.25, 0.3) is 0 Å². The van der Waals surface area contributed by atoms with Crippen LogP contribution in [0.2, 0.25) is 0 Å². The van der Waals surface area contributed by atoms with Crippen molar-refractivity contribution >= 4 is 11.9 Å². The van der Waals surface area contributed by atoms with Crippen molar-refractivity contribution in [2.45, 2.75) is 26.0 Å². The van der Waals surface area contributed by atoms with E-state index in [1.807, 2.05) is 18.2 Å². The predicted octanol–water partition coefficient (Wildman–Crippen LogP) is 2.53. The van der Waals surface area contributed by atoms with E-state index in [1.54, 1.807) is 11.0 Å². The van der Waals surface area contributed by atoms with Gasteiger partial charge in [0.15, 0.2) is 17.6 Å². The minimum absolute atomic E-state index is 0.0343. The largest absolute Gasteiger partial charge is 0.504 e. The lowest BCUT2D eigenvalue weighted by Gasteiger charge is -2.30. The monoisotopic (exact) mass is 355 g/mol. The molecule has 1 aliphatic heterocycles. The van der Waals surface area contributed by atoms with Gasteiger partial charge in [0, 0.05) is 13.1 Å². The van der Waals surface area contributed by atoms with E-state index in [0.29, 0.717) is 13.1 Å². The van der Waals surface area contributed by atoms with Gasteiger partial charge in [0.2, 0.25) is 0 Å². The van der Waals surface area contributed by atoms with Gasteiger partial charge in [0.05, 0.1) is 7.11 Å². The van der Waals surface area contributed by atoms with Crippen molar-refractivity contribution in [2.24, 2.45) is 0 Å². The highest BCUT2D eigenvalue weighted by atomic mass is 16.5. The van der Waals surface area contributed by atoms with Gasteiger partial charge in [-0.05, 0) is 36.6 Å². The summed E-state index contributed by atoms with van der Waals surface area (Å²) < 4.78 is 10.3. The van der Waals surface area contributed by atoms with E-state index in [2.05, 4.69) is 6.07 Å². The van der Waals surface area contributed by atoms with Gasteiger partial charge < -0.3 is 19.5 Å². The fourth-order valence-electron chi connectivity index (χ4n) is 3.07. The number of rotatable bonds is 4. The van der Waals surface area contributed by atoms with Crippen LogP contribution in [-0.2, 0) is 22.5 Å². The SMILES string of the molecule is COc1cccc(C(=O)OC(C)C(=O)N2CCc3ccccc3C2)c1O. The molecule has 0 radical (unpaired) electrons. The molecule has 1 amide bonds. The van der Waals surface area contributed by atoms with Crippen LogP contribution in [0.1, 0.15) is 28.4 Å². The highest BCUT2D eigenvalue weighted by Gasteiger charge is 2.28. The number of fused-ring (bicyclic) bond motifs is 1. The molecule has 0 spiro atoms. The first-order valence-electron chi connectivity index (χ1n) is 8.43. The second kappa shape index (κ2) is 7.47. The molecule has 3 rings (SSSR count). The number of phenols is 1. The van der Waals surface area contributed by atoms with Crippen LogP contribution in [0.15, 0.2) is 42.5 Å². The van der Waals surface area contributed by atoms with Crippen molar-refractivity contribution in [2.75, 3.05) is 13.7 Å². The van der Waals surface area contributed by atoms with Crippen LogP contribution in [0.3, 0.4) is 0 Å². The third-order valence-corrected chi connectivity index (χ3v) is 4.51. The van der Waals surface area contributed by atoms with Crippen molar-refractivity contribution in [1.29, 1.82) is 0 Å². The highest BCUT2D eigenvalue weighted by molar-refractivity contribution is 5.95. The summed E-state index contributed by atoms with van der Waals surface area (Å²) >= 11 is 0. The summed E-state index contributed by atoms with van der Waals surface area (Å²) in [5, 5.41) is 10.0. The maximum atomic E-state index is 12.6. The number of hydrogen-bond donors (Lipinski definition) is 1. The number of methoxy groups -OCH3 is 1. The molecule has 0 aromatic heterocycles. The molecule has 26 heavy (non-hydrogen) atoms. The number of carbonyl (C=O) groups is 2. The zero-order chi connectivity index (χ0) is 18.7. The van der Waals surface area contributed by atoms with E-state index in [9.17, 15) is 14.7 Å². The molecule has 0 saturated carbocycles. The van der Waals surface area contributed by atoms with E-state index in [1.165, 1.54) is 31.7 Å². The summed E-state index contributed by atoms with van der Waals surface area (Å²) in [7, 11) is 1.39. The zero-order valence-electron chi connectivity index (χ0n) is 14.8. The molecule has 0 fully saturated rings. The fraction of sp³-hybridized carbons (Fsp3) is 0.300. The van der Waals surface area contributed by atoms with Crippen LogP contribution >= 0.6 is 0 Å². The molecule has 2 aromatic carbocycles. The van der Waals surface area contributed by atoms with Gasteiger partial charge in [0.1, 0.15) is 5.56 Å². The Morgan fingerprint density at radius 1 is 1.12 bits per heavy atom. The molecule has 0 bridgehead atoms. The minimum atomic E-state index is -0.946. The van der Waals surface area contributed by atoms with Crippen molar-refractivity contribution in [3.05, 3.63) is 59.2 Å². The van der Waals surface area contributed by atoms with Gasteiger partial charge in [0.25, 0.3) is 5.91 Å². The lowest BCUT2D eigenvalue weighted by molar-refractivity contribution is -0.140. The molecule has 1 aliphatic rings. The quantitative estimate of drug-likeness (QED) is 0.853. The first kappa shape index (κ1) is 17.8. The first-order chi connectivity index (χ1) is 12.5. The van der Waals surface area contributed by atoms with Gasteiger partial charge in [-0.1, -0.05) is 30.3 Å². The topological polar surface area (TPSA) is 76.1 Å². The molecular weight excluding hydrogens is 334 g/mol. The van der Waals surface area contributed by atoms with Gasteiger partial charge >= 0.3 is 5.97 Å². The van der Waals surface area contributed by atoms with Crippen molar-refractivity contribution in [3.63, 3.8) is 0 Å². The number of ether oxygens (including phenoxy) is 2. The van der Waals surface area contributed by atoms with E-state index >= 15 is 0 Å². The number of nitrogens with zero attached hydrogens (tertiary/aromatic N) is 1. The van der Waals surface area contributed by atoms with Gasteiger partial charge in [-0.3, -0.25) is 4.79 Å². The molecule has 1 N–H and O–H groups in total. The predicted molar refractivity (Wildman–Crippen MR) is 95.1 cm³/mol. The van der Waals surface area contributed by atoms with Crippen LogP contribution in [0.4, 0.5) is 0 Å². The molecule has 0 aliphatic carbocycles. The number of esters is 1. The number of hydrogen-bond acceptors (Lipinski definition) is 5. The van der Waals surface area contributed by atoms with Crippen LogP contribution in [-0.4, -0.2) is 41.6 Å². The number of para-hydroxylation sites is 1. The summed E-state index contributed by atoms with van der Waals surface area (Å²) in [5.74, 6) is -1.15. The molecule has 1 unspecified atom stereocenters. The van der Waals surface area contributed by atoms with E-state index in [-0.39, 0.29) is 23.0 Å². The summed E-state index contributed by atoms with van der Waals surface area (Å²) in [5.41, 5.74) is 2.31. The number of benzene rings is 2. The molecular formula is C20H21NO5. The zero-order valence-corrected chi connectivity index (χ0v) is 14.8. The smallest absolute Gasteiger partial charge is 0.342 e. The Labute approximate surface area is 152 Å². The summed E-state index contributed by atoms with van der Waals surface area (Å²) in [6.45, 7) is 2.63. The molecule has 1 atom stereocenters. The Morgan fingerprint density at radius 3 is 2.58 bits per heavy atom.